The van der Waals surface area contributed by atoms with Crippen LogP contribution < -0.4 is 20.1 Å². The highest BCUT2D eigenvalue weighted by Gasteiger charge is 2.21. The van der Waals surface area contributed by atoms with Gasteiger partial charge in [0, 0.05) is 12.2 Å². The Morgan fingerprint density at radius 1 is 1.15 bits per heavy atom. The van der Waals surface area contributed by atoms with Crippen molar-refractivity contribution in [2.45, 2.75) is 30.7 Å². The number of benzene rings is 2. The number of carbonyl (C=O) groups is 2. The molecule has 1 aromatic heterocycles. The first-order valence-corrected chi connectivity index (χ1v) is 11.4. The molecule has 3 aromatic rings. The van der Waals surface area contributed by atoms with Gasteiger partial charge >= 0.3 is 0 Å². The number of pyridine rings is 1. The van der Waals surface area contributed by atoms with Crippen LogP contribution in [0.1, 0.15) is 34.1 Å². The van der Waals surface area contributed by atoms with E-state index >= 15 is 0 Å². The largest absolute Gasteiger partial charge is 0.454 e. The molecule has 1 aliphatic heterocycles. The molecule has 0 spiro atoms. The number of para-hydroxylation sites is 1. The van der Waals surface area contributed by atoms with Gasteiger partial charge in [0.1, 0.15) is 11.1 Å². The lowest BCUT2D eigenvalue weighted by atomic mass is 10.1. The van der Waals surface area contributed by atoms with E-state index in [4.69, 9.17) is 9.47 Å². The number of hydrogen-bond donors (Lipinski definition) is 2. The summed E-state index contributed by atoms with van der Waals surface area (Å²) in [5.74, 6) is 0.796. The fourth-order valence-corrected chi connectivity index (χ4v) is 4.25. The lowest BCUT2D eigenvalue weighted by molar-refractivity contribution is -0.120. The van der Waals surface area contributed by atoms with Crippen LogP contribution >= 0.6 is 11.8 Å². The van der Waals surface area contributed by atoms with Crippen LogP contribution in [-0.4, -0.2) is 28.8 Å². The van der Waals surface area contributed by atoms with Gasteiger partial charge in [-0.3, -0.25) is 9.59 Å². The quantitative estimate of drug-likeness (QED) is 0.497. The second-order valence-electron chi connectivity index (χ2n) is 7.57. The minimum absolute atomic E-state index is 0.194. The minimum atomic E-state index is -0.503. The molecule has 4 rings (SSSR count). The molecule has 1 aliphatic rings. The van der Waals surface area contributed by atoms with Crippen molar-refractivity contribution in [1.29, 1.82) is 5.26 Å². The van der Waals surface area contributed by atoms with Gasteiger partial charge in [-0.15, -0.1) is 0 Å². The number of amides is 2. The van der Waals surface area contributed by atoms with E-state index in [9.17, 15) is 14.9 Å². The molecule has 2 heterocycles. The van der Waals surface area contributed by atoms with Crippen molar-refractivity contribution in [3.05, 3.63) is 77.0 Å². The molecule has 0 saturated heterocycles. The summed E-state index contributed by atoms with van der Waals surface area (Å²) in [7, 11) is 0. The minimum Gasteiger partial charge on any atom is -0.454 e. The molecule has 8 nitrogen and oxygen atoms in total. The zero-order valence-electron chi connectivity index (χ0n) is 18.6. The molecule has 172 valence electrons. The van der Waals surface area contributed by atoms with Gasteiger partial charge in [-0.05, 0) is 49.7 Å². The normalized spacial score (nSPS) is 12.5. The number of ether oxygens (including phenoxy) is 2. The second kappa shape index (κ2) is 10.3. The van der Waals surface area contributed by atoms with Crippen molar-refractivity contribution in [2.75, 3.05) is 12.1 Å². The maximum atomic E-state index is 12.7. The van der Waals surface area contributed by atoms with Crippen LogP contribution in [0.3, 0.4) is 0 Å². The van der Waals surface area contributed by atoms with Gasteiger partial charge in [0.2, 0.25) is 12.7 Å². The van der Waals surface area contributed by atoms with Crippen LogP contribution in [0.25, 0.3) is 0 Å². The van der Waals surface area contributed by atoms with Crippen molar-refractivity contribution in [3.63, 3.8) is 0 Å². The van der Waals surface area contributed by atoms with Gasteiger partial charge in [0.15, 0.2) is 11.5 Å². The third-order valence-corrected chi connectivity index (χ3v) is 6.24. The third-order valence-electron chi connectivity index (χ3n) is 5.14. The Morgan fingerprint density at radius 2 is 1.91 bits per heavy atom. The fourth-order valence-electron chi connectivity index (χ4n) is 3.31. The van der Waals surface area contributed by atoms with Crippen molar-refractivity contribution < 1.29 is 19.1 Å². The van der Waals surface area contributed by atoms with E-state index < -0.39 is 5.25 Å². The number of fused-ring (bicyclic) bond motifs is 1. The van der Waals surface area contributed by atoms with Gasteiger partial charge in [-0.2, -0.15) is 5.26 Å². The summed E-state index contributed by atoms with van der Waals surface area (Å²) in [6.45, 7) is 3.97. The Labute approximate surface area is 201 Å². The summed E-state index contributed by atoms with van der Waals surface area (Å²) in [5.41, 5.74) is 2.56. The highest BCUT2D eigenvalue weighted by Crippen LogP contribution is 2.32. The lowest BCUT2D eigenvalue weighted by Gasteiger charge is -2.14. The molecular weight excluding hydrogens is 452 g/mol. The molecule has 0 radical (unpaired) electrons. The first-order valence-electron chi connectivity index (χ1n) is 10.6. The van der Waals surface area contributed by atoms with E-state index in [1.54, 1.807) is 26.0 Å². The van der Waals surface area contributed by atoms with Crippen molar-refractivity contribution >= 4 is 29.3 Å². The number of aromatic nitrogens is 1. The molecule has 1 atom stereocenters. The summed E-state index contributed by atoms with van der Waals surface area (Å²) < 4.78 is 10.7. The van der Waals surface area contributed by atoms with Gasteiger partial charge < -0.3 is 20.1 Å². The standard InChI is InChI=1S/C25H22N4O4S/c1-15-20(24(31)29-19-6-4-3-5-7-19)11-18(12-26)25(28-15)34-16(2)23(30)27-13-17-8-9-21-22(10-17)33-14-32-21/h3-11,16H,13-14H2,1-2H3,(H,27,30)(H,29,31)/t16-/m1/s1. The van der Waals surface area contributed by atoms with Gasteiger partial charge in [-0.25, -0.2) is 4.98 Å². The van der Waals surface area contributed by atoms with Gasteiger partial charge in [0.25, 0.3) is 5.91 Å². The van der Waals surface area contributed by atoms with Gasteiger partial charge in [-0.1, -0.05) is 36.0 Å². The third kappa shape index (κ3) is 5.30. The molecule has 9 heteroatoms. The Kier molecular flexibility index (Phi) is 6.99. The SMILES string of the molecule is Cc1nc(S[C@H](C)C(=O)NCc2ccc3c(c2)OCO3)c(C#N)cc1C(=O)Nc1ccccc1. The van der Waals surface area contributed by atoms with E-state index in [2.05, 4.69) is 21.7 Å². The molecule has 2 amide bonds. The van der Waals surface area contributed by atoms with Crippen molar-refractivity contribution in [3.8, 4) is 17.6 Å². The average molecular weight is 475 g/mol. The van der Waals surface area contributed by atoms with E-state index in [0.29, 0.717) is 40.0 Å². The van der Waals surface area contributed by atoms with E-state index in [0.717, 1.165) is 5.56 Å². The molecule has 0 saturated carbocycles. The maximum absolute atomic E-state index is 12.7. The number of thioether (sulfide) groups is 1. The first-order chi connectivity index (χ1) is 16.4. The zero-order valence-corrected chi connectivity index (χ0v) is 19.4. The topological polar surface area (TPSA) is 113 Å². The van der Waals surface area contributed by atoms with Crippen LogP contribution in [0.5, 0.6) is 11.5 Å². The Balaban J connectivity index is 1.41. The number of carbonyl (C=O) groups excluding carboxylic acids is 2. The summed E-state index contributed by atoms with van der Waals surface area (Å²) in [6, 6.07) is 18.2. The first kappa shape index (κ1) is 23.1. The van der Waals surface area contributed by atoms with Crippen LogP contribution in [-0.2, 0) is 11.3 Å². The highest BCUT2D eigenvalue weighted by molar-refractivity contribution is 8.00. The van der Waals surface area contributed by atoms with Crippen LogP contribution in [0.15, 0.2) is 59.6 Å². The predicted molar refractivity (Wildman–Crippen MR) is 128 cm³/mol. The Morgan fingerprint density at radius 3 is 2.68 bits per heavy atom. The summed E-state index contributed by atoms with van der Waals surface area (Å²) in [6.07, 6.45) is 0. The molecule has 0 bridgehead atoms. The Bertz CT molecular complexity index is 1270. The number of nitrogens with one attached hydrogen (secondary N) is 2. The number of aryl methyl sites for hydroxylation is 1. The number of nitriles is 1. The number of anilines is 1. The lowest BCUT2D eigenvalue weighted by Crippen LogP contribution is -2.30. The van der Waals surface area contributed by atoms with Crippen LogP contribution in [0.4, 0.5) is 5.69 Å². The van der Waals surface area contributed by atoms with Crippen LogP contribution in [0.2, 0.25) is 0 Å². The zero-order chi connectivity index (χ0) is 24.1. The molecule has 34 heavy (non-hydrogen) atoms. The molecule has 2 N–H and O–H groups in total. The van der Waals surface area contributed by atoms with Crippen molar-refractivity contribution in [1.82, 2.24) is 10.3 Å². The molecule has 0 unspecified atom stereocenters. The molecule has 0 aliphatic carbocycles. The smallest absolute Gasteiger partial charge is 0.257 e. The Hall–Kier alpha value is -4.03. The second-order valence-corrected chi connectivity index (χ2v) is 8.90. The summed E-state index contributed by atoms with van der Waals surface area (Å²) in [5, 5.41) is 15.2. The fraction of sp³-hybridized carbons (Fsp3) is 0.200. The van der Waals surface area contributed by atoms with Crippen molar-refractivity contribution in [2.24, 2.45) is 0 Å². The molecule has 2 aromatic carbocycles. The average Bonchev–Trinajstić information content (AvgIpc) is 3.31. The number of hydrogen-bond acceptors (Lipinski definition) is 7. The molecule has 0 fully saturated rings. The summed E-state index contributed by atoms with van der Waals surface area (Å²) in [4.78, 5) is 29.8. The summed E-state index contributed by atoms with van der Waals surface area (Å²) >= 11 is 1.17. The van der Waals surface area contributed by atoms with E-state index in [1.165, 1.54) is 17.8 Å². The molecular formula is C25H22N4O4S. The monoisotopic (exact) mass is 474 g/mol. The van der Waals surface area contributed by atoms with Gasteiger partial charge in [0.05, 0.1) is 22.1 Å². The van der Waals surface area contributed by atoms with E-state index in [1.807, 2.05) is 36.4 Å². The number of nitrogens with zero attached hydrogens (tertiary/aromatic N) is 2. The maximum Gasteiger partial charge on any atom is 0.257 e. The van der Waals surface area contributed by atoms with Crippen LogP contribution in [0, 0.1) is 18.3 Å². The number of rotatable bonds is 7. The highest BCUT2D eigenvalue weighted by atomic mass is 32.2. The van der Waals surface area contributed by atoms with E-state index in [-0.39, 0.29) is 24.2 Å². The predicted octanol–water partition coefficient (Wildman–Crippen LogP) is 4.04.